The number of aryl methyl sites for hydroxylation is 1. The summed E-state index contributed by atoms with van der Waals surface area (Å²) in [4.78, 5) is 3.25. The quantitative estimate of drug-likeness (QED) is 0.618. The molecular formula is C12H10BrClFN3O2S. The number of halogens is 3. The molecule has 1 aromatic heterocycles. The van der Waals surface area contributed by atoms with Gasteiger partial charge in [-0.3, -0.25) is 4.72 Å². The molecule has 0 atom stereocenters. The fraction of sp³-hybridized carbons (Fsp3) is 0.0833. The maximum Gasteiger partial charge on any atom is 0.264 e. The van der Waals surface area contributed by atoms with Crippen LogP contribution >= 0.6 is 27.5 Å². The zero-order chi connectivity index (χ0) is 15.8. The SMILES string of the molecule is Cc1cc(F)c(S(=O)(=O)Nc2cnc(Cl)c(Br)c2)cc1N. The first-order valence-corrected chi connectivity index (χ1v) is 8.25. The third kappa shape index (κ3) is 3.45. The Hall–Kier alpha value is -1.38. The van der Waals surface area contributed by atoms with Gasteiger partial charge in [-0.25, -0.2) is 17.8 Å². The minimum atomic E-state index is -4.12. The van der Waals surface area contributed by atoms with Crippen molar-refractivity contribution in [1.82, 2.24) is 4.98 Å². The standard InChI is InChI=1S/C12H10BrClFN3O2S/c1-6-2-9(15)11(4-10(6)16)21(19,20)18-7-3-8(13)12(14)17-5-7/h2-5,18H,16H2,1H3. The summed E-state index contributed by atoms with van der Waals surface area (Å²) in [5.41, 5.74) is 6.42. The minimum Gasteiger partial charge on any atom is -0.398 e. The molecule has 0 aliphatic carbocycles. The Morgan fingerprint density at radius 2 is 2.05 bits per heavy atom. The van der Waals surface area contributed by atoms with Crippen molar-refractivity contribution in [2.45, 2.75) is 11.8 Å². The van der Waals surface area contributed by atoms with Gasteiger partial charge in [0.25, 0.3) is 10.0 Å². The lowest BCUT2D eigenvalue weighted by atomic mass is 10.2. The highest BCUT2D eigenvalue weighted by molar-refractivity contribution is 9.10. The van der Waals surface area contributed by atoms with Gasteiger partial charge in [0, 0.05) is 5.69 Å². The van der Waals surface area contributed by atoms with Gasteiger partial charge in [0.1, 0.15) is 15.9 Å². The van der Waals surface area contributed by atoms with E-state index in [0.717, 1.165) is 12.1 Å². The third-order valence-electron chi connectivity index (χ3n) is 2.66. The van der Waals surface area contributed by atoms with E-state index >= 15 is 0 Å². The molecule has 1 aromatic carbocycles. The minimum absolute atomic E-state index is 0.143. The number of anilines is 2. The van der Waals surface area contributed by atoms with Crippen LogP contribution in [0.1, 0.15) is 5.56 Å². The van der Waals surface area contributed by atoms with Crippen molar-refractivity contribution in [3.63, 3.8) is 0 Å². The van der Waals surface area contributed by atoms with Gasteiger partial charge in [0.2, 0.25) is 0 Å². The molecule has 2 rings (SSSR count). The van der Waals surface area contributed by atoms with Crippen molar-refractivity contribution >= 4 is 48.9 Å². The summed E-state index contributed by atoms with van der Waals surface area (Å²) in [6, 6.07) is 3.56. The molecule has 112 valence electrons. The first kappa shape index (κ1) is 16.0. The molecule has 0 aliphatic rings. The average molecular weight is 395 g/mol. The highest BCUT2D eigenvalue weighted by atomic mass is 79.9. The van der Waals surface area contributed by atoms with Crippen molar-refractivity contribution in [2.24, 2.45) is 0 Å². The molecule has 0 bridgehead atoms. The average Bonchev–Trinajstić information content (AvgIpc) is 2.37. The van der Waals surface area contributed by atoms with Crippen LogP contribution in [0.15, 0.2) is 33.8 Å². The predicted octanol–water partition coefficient (Wildman–Crippen LogP) is 3.33. The number of rotatable bonds is 3. The monoisotopic (exact) mass is 393 g/mol. The molecule has 0 spiro atoms. The second kappa shape index (κ2) is 5.78. The van der Waals surface area contributed by atoms with E-state index in [9.17, 15) is 12.8 Å². The Balaban J connectivity index is 2.43. The van der Waals surface area contributed by atoms with Gasteiger partial charge < -0.3 is 5.73 Å². The summed E-state index contributed by atoms with van der Waals surface area (Å²) >= 11 is 8.84. The van der Waals surface area contributed by atoms with E-state index < -0.39 is 20.7 Å². The van der Waals surface area contributed by atoms with Gasteiger partial charge >= 0.3 is 0 Å². The van der Waals surface area contributed by atoms with Crippen molar-refractivity contribution in [1.29, 1.82) is 0 Å². The first-order valence-electron chi connectivity index (χ1n) is 5.60. The Morgan fingerprint density at radius 1 is 1.38 bits per heavy atom. The third-order valence-corrected chi connectivity index (χ3v) is 5.19. The van der Waals surface area contributed by atoms with Crippen molar-refractivity contribution in [2.75, 3.05) is 10.5 Å². The fourth-order valence-electron chi connectivity index (χ4n) is 1.56. The number of aromatic nitrogens is 1. The highest BCUT2D eigenvalue weighted by Crippen LogP contribution is 2.26. The molecular weight excluding hydrogens is 385 g/mol. The van der Waals surface area contributed by atoms with Crippen LogP contribution < -0.4 is 10.5 Å². The largest absolute Gasteiger partial charge is 0.398 e. The molecule has 2 aromatic rings. The number of nitrogens with two attached hydrogens (primary N) is 1. The number of nitrogen functional groups attached to an aromatic ring is 1. The molecule has 0 unspecified atom stereocenters. The maximum absolute atomic E-state index is 13.9. The van der Waals surface area contributed by atoms with Crippen molar-refractivity contribution < 1.29 is 12.8 Å². The fourth-order valence-corrected chi connectivity index (χ4v) is 3.14. The van der Waals surface area contributed by atoms with Gasteiger partial charge in [-0.05, 0) is 46.6 Å². The number of nitrogens with one attached hydrogen (secondary N) is 1. The lowest BCUT2D eigenvalue weighted by Gasteiger charge is -2.11. The van der Waals surface area contributed by atoms with Gasteiger partial charge in [-0.2, -0.15) is 0 Å². The van der Waals surface area contributed by atoms with Gasteiger partial charge in [-0.15, -0.1) is 0 Å². The molecule has 0 saturated heterocycles. The van der Waals surface area contributed by atoms with E-state index in [1.54, 1.807) is 6.92 Å². The van der Waals surface area contributed by atoms with Crippen molar-refractivity contribution in [3.8, 4) is 0 Å². The number of sulfonamides is 1. The van der Waals surface area contributed by atoms with Crippen LogP contribution in [0.5, 0.6) is 0 Å². The number of benzene rings is 1. The molecule has 0 fully saturated rings. The maximum atomic E-state index is 13.9. The Morgan fingerprint density at radius 3 is 2.67 bits per heavy atom. The van der Waals surface area contributed by atoms with E-state index in [1.165, 1.54) is 12.3 Å². The molecule has 0 saturated carbocycles. The van der Waals surface area contributed by atoms with Gasteiger partial charge in [-0.1, -0.05) is 11.6 Å². The van der Waals surface area contributed by atoms with Gasteiger partial charge in [0.15, 0.2) is 0 Å². The highest BCUT2D eigenvalue weighted by Gasteiger charge is 2.21. The second-order valence-electron chi connectivity index (χ2n) is 4.24. The van der Waals surface area contributed by atoms with Crippen LogP contribution in [0.4, 0.5) is 15.8 Å². The number of nitrogens with zero attached hydrogens (tertiary/aromatic N) is 1. The summed E-state index contributed by atoms with van der Waals surface area (Å²) < 4.78 is 40.9. The van der Waals surface area contributed by atoms with Crippen LogP contribution in [0, 0.1) is 12.7 Å². The topological polar surface area (TPSA) is 85.1 Å². The lowest BCUT2D eigenvalue weighted by Crippen LogP contribution is -2.15. The molecule has 0 aliphatic heterocycles. The Bertz CT molecular complexity index is 814. The van der Waals surface area contributed by atoms with Crippen LogP contribution in [0.2, 0.25) is 5.15 Å². The molecule has 21 heavy (non-hydrogen) atoms. The normalized spacial score (nSPS) is 11.4. The zero-order valence-corrected chi connectivity index (χ0v) is 13.9. The first-order chi connectivity index (χ1) is 9.70. The number of pyridine rings is 1. The zero-order valence-electron chi connectivity index (χ0n) is 10.7. The van der Waals surface area contributed by atoms with E-state index in [0.29, 0.717) is 10.0 Å². The van der Waals surface area contributed by atoms with E-state index in [4.69, 9.17) is 17.3 Å². The van der Waals surface area contributed by atoms with Crippen LogP contribution in [-0.4, -0.2) is 13.4 Å². The number of hydrogen-bond acceptors (Lipinski definition) is 4. The van der Waals surface area contributed by atoms with Crippen LogP contribution in [0.25, 0.3) is 0 Å². The van der Waals surface area contributed by atoms with E-state index in [-0.39, 0.29) is 16.5 Å². The summed E-state index contributed by atoms with van der Waals surface area (Å²) in [5, 5.41) is 0.184. The molecule has 9 heteroatoms. The van der Waals surface area contributed by atoms with Crippen LogP contribution in [-0.2, 0) is 10.0 Å². The Kier molecular flexibility index (Phi) is 4.40. The molecule has 0 amide bonds. The lowest BCUT2D eigenvalue weighted by molar-refractivity contribution is 0.570. The van der Waals surface area contributed by atoms with E-state index in [1.807, 2.05) is 0 Å². The summed E-state index contributed by atoms with van der Waals surface area (Å²) in [6.07, 6.45) is 1.22. The van der Waals surface area contributed by atoms with Gasteiger partial charge in [0.05, 0.1) is 16.4 Å². The van der Waals surface area contributed by atoms with Crippen LogP contribution in [0.3, 0.4) is 0 Å². The van der Waals surface area contributed by atoms with Crippen molar-refractivity contribution in [3.05, 3.63) is 45.4 Å². The number of hydrogen-bond donors (Lipinski definition) is 2. The molecule has 5 nitrogen and oxygen atoms in total. The smallest absolute Gasteiger partial charge is 0.264 e. The summed E-state index contributed by atoms with van der Waals surface area (Å²) in [6.45, 7) is 1.59. The predicted molar refractivity (Wildman–Crippen MR) is 83.3 cm³/mol. The Labute approximate surface area is 134 Å². The molecule has 1 heterocycles. The second-order valence-corrected chi connectivity index (χ2v) is 7.10. The molecule has 3 N–H and O–H groups in total. The van der Waals surface area contributed by atoms with E-state index in [2.05, 4.69) is 25.6 Å². The molecule has 0 radical (unpaired) electrons. The summed E-state index contributed by atoms with van der Waals surface area (Å²) in [7, 11) is -4.12. The summed E-state index contributed by atoms with van der Waals surface area (Å²) in [5.74, 6) is -0.879.